The Kier molecular flexibility index (Phi) is 4.28. The largest absolute Gasteiger partial charge is 0.497 e. The van der Waals surface area contributed by atoms with Crippen LogP contribution in [0.4, 0.5) is 5.69 Å². The maximum Gasteiger partial charge on any atom is 0.121 e. The molecule has 1 aliphatic rings. The first-order chi connectivity index (χ1) is 9.13. The number of nitrogens with zero attached hydrogens (tertiary/aromatic N) is 2. The van der Waals surface area contributed by atoms with Crippen molar-refractivity contribution >= 4 is 5.69 Å². The highest BCUT2D eigenvalue weighted by atomic mass is 16.5. The number of methoxy groups -OCH3 is 1. The fourth-order valence-corrected chi connectivity index (χ4v) is 2.51. The number of likely N-dealkylation sites (tertiary alicyclic amines) is 1. The number of hydrogen-bond acceptors (Lipinski definition) is 4. The van der Waals surface area contributed by atoms with Crippen molar-refractivity contribution in [2.45, 2.75) is 31.8 Å². The molecule has 0 bridgehead atoms. The quantitative estimate of drug-likeness (QED) is 0.906. The Morgan fingerprint density at radius 2 is 2.26 bits per heavy atom. The Hall–Kier alpha value is -1.73. The van der Waals surface area contributed by atoms with Gasteiger partial charge in [0.1, 0.15) is 11.8 Å². The summed E-state index contributed by atoms with van der Waals surface area (Å²) >= 11 is 0. The van der Waals surface area contributed by atoms with E-state index in [4.69, 9.17) is 10.00 Å². The van der Waals surface area contributed by atoms with Crippen molar-refractivity contribution in [1.82, 2.24) is 4.90 Å². The van der Waals surface area contributed by atoms with Crippen molar-refractivity contribution < 1.29 is 4.74 Å². The molecule has 1 aliphatic heterocycles. The number of ether oxygens (including phenoxy) is 1. The number of piperidine rings is 1. The molecule has 0 saturated carbocycles. The van der Waals surface area contributed by atoms with Gasteiger partial charge in [0.05, 0.1) is 18.4 Å². The third kappa shape index (κ3) is 3.18. The Labute approximate surface area is 115 Å². The van der Waals surface area contributed by atoms with Crippen LogP contribution in [0.2, 0.25) is 0 Å². The molecule has 0 amide bonds. The Morgan fingerprint density at radius 3 is 2.89 bits per heavy atom. The summed E-state index contributed by atoms with van der Waals surface area (Å²) in [6.07, 6.45) is 2.20. The van der Waals surface area contributed by atoms with E-state index in [0.717, 1.165) is 30.8 Å². The van der Waals surface area contributed by atoms with Gasteiger partial charge in [-0.2, -0.15) is 5.26 Å². The second-order valence-corrected chi connectivity index (χ2v) is 5.22. The van der Waals surface area contributed by atoms with Gasteiger partial charge in [-0.3, -0.25) is 0 Å². The van der Waals surface area contributed by atoms with Gasteiger partial charge in [0.25, 0.3) is 0 Å². The molecule has 0 radical (unpaired) electrons. The minimum atomic E-state index is 0.422. The van der Waals surface area contributed by atoms with Gasteiger partial charge < -0.3 is 15.0 Å². The predicted octanol–water partition coefficient (Wildman–Crippen LogP) is 2.46. The first kappa shape index (κ1) is 13.7. The molecule has 1 fully saturated rings. The molecular weight excluding hydrogens is 238 g/mol. The molecular formula is C15H21N3O. The molecule has 1 aromatic rings. The van der Waals surface area contributed by atoms with Gasteiger partial charge in [-0.15, -0.1) is 0 Å². The van der Waals surface area contributed by atoms with E-state index in [0.29, 0.717) is 17.6 Å². The number of anilines is 1. The van der Waals surface area contributed by atoms with E-state index in [-0.39, 0.29) is 0 Å². The molecule has 4 nitrogen and oxygen atoms in total. The minimum Gasteiger partial charge on any atom is -0.497 e. The summed E-state index contributed by atoms with van der Waals surface area (Å²) in [6, 6.07) is 8.75. The van der Waals surface area contributed by atoms with Crippen LogP contribution in [-0.2, 0) is 0 Å². The maximum atomic E-state index is 9.17. The zero-order valence-electron chi connectivity index (χ0n) is 11.8. The van der Waals surface area contributed by atoms with Crippen molar-refractivity contribution in [2.24, 2.45) is 0 Å². The minimum absolute atomic E-state index is 0.422. The summed E-state index contributed by atoms with van der Waals surface area (Å²) in [6.45, 7) is 3.33. The fourth-order valence-electron chi connectivity index (χ4n) is 2.51. The number of rotatable bonds is 3. The molecule has 2 rings (SSSR count). The van der Waals surface area contributed by atoms with Crippen LogP contribution in [0.3, 0.4) is 0 Å². The molecule has 2 unspecified atom stereocenters. The normalized spacial score (nSPS) is 23.7. The summed E-state index contributed by atoms with van der Waals surface area (Å²) in [5.41, 5.74) is 1.55. The zero-order valence-corrected chi connectivity index (χ0v) is 11.8. The smallest absolute Gasteiger partial charge is 0.121 e. The maximum absolute atomic E-state index is 9.17. The number of nitrogens with one attached hydrogen (secondary N) is 1. The van der Waals surface area contributed by atoms with E-state index in [9.17, 15) is 0 Å². The average Bonchev–Trinajstić information content (AvgIpc) is 2.43. The standard InChI is InChI=1S/C15H21N3O/c1-11-8-13(6-7-18(11)2)17-15-9-14(19-3)5-4-12(15)10-16/h4-5,9,11,13,17H,6-8H2,1-3H3. The van der Waals surface area contributed by atoms with Gasteiger partial charge in [-0.1, -0.05) is 0 Å². The number of benzene rings is 1. The molecule has 0 aliphatic carbocycles. The monoisotopic (exact) mass is 259 g/mol. The van der Waals surface area contributed by atoms with E-state index in [1.54, 1.807) is 13.2 Å². The van der Waals surface area contributed by atoms with Crippen LogP contribution in [0.25, 0.3) is 0 Å². The second-order valence-electron chi connectivity index (χ2n) is 5.22. The molecule has 2 atom stereocenters. The van der Waals surface area contributed by atoms with E-state index in [1.807, 2.05) is 12.1 Å². The Morgan fingerprint density at radius 1 is 1.47 bits per heavy atom. The molecule has 1 heterocycles. The first-order valence-electron chi connectivity index (χ1n) is 6.69. The molecule has 1 aromatic carbocycles. The van der Waals surface area contributed by atoms with E-state index in [1.165, 1.54) is 0 Å². The lowest BCUT2D eigenvalue weighted by molar-refractivity contribution is 0.190. The van der Waals surface area contributed by atoms with Crippen LogP contribution in [0.5, 0.6) is 5.75 Å². The highest BCUT2D eigenvalue weighted by Gasteiger charge is 2.23. The van der Waals surface area contributed by atoms with E-state index in [2.05, 4.69) is 30.3 Å². The lowest BCUT2D eigenvalue weighted by Crippen LogP contribution is -2.42. The van der Waals surface area contributed by atoms with Gasteiger partial charge in [-0.05, 0) is 38.9 Å². The second kappa shape index (κ2) is 5.94. The van der Waals surface area contributed by atoms with Crippen LogP contribution in [0.15, 0.2) is 18.2 Å². The van der Waals surface area contributed by atoms with Gasteiger partial charge in [-0.25, -0.2) is 0 Å². The zero-order chi connectivity index (χ0) is 13.8. The van der Waals surface area contributed by atoms with Crippen molar-refractivity contribution in [3.63, 3.8) is 0 Å². The summed E-state index contributed by atoms with van der Waals surface area (Å²) in [7, 11) is 3.80. The van der Waals surface area contributed by atoms with E-state index >= 15 is 0 Å². The fraction of sp³-hybridized carbons (Fsp3) is 0.533. The molecule has 1 N–H and O–H groups in total. The van der Waals surface area contributed by atoms with Gasteiger partial charge in [0, 0.05) is 24.7 Å². The van der Waals surface area contributed by atoms with Crippen LogP contribution in [-0.4, -0.2) is 37.7 Å². The number of hydrogen-bond donors (Lipinski definition) is 1. The van der Waals surface area contributed by atoms with E-state index < -0.39 is 0 Å². The summed E-state index contributed by atoms with van der Waals surface area (Å²) in [4.78, 5) is 2.37. The van der Waals surface area contributed by atoms with Crippen LogP contribution in [0.1, 0.15) is 25.3 Å². The molecule has 19 heavy (non-hydrogen) atoms. The van der Waals surface area contributed by atoms with Gasteiger partial charge in [0.2, 0.25) is 0 Å². The predicted molar refractivity (Wildman–Crippen MR) is 76.4 cm³/mol. The van der Waals surface area contributed by atoms with Gasteiger partial charge in [0.15, 0.2) is 0 Å². The van der Waals surface area contributed by atoms with Crippen molar-refractivity contribution in [1.29, 1.82) is 5.26 Å². The highest BCUT2D eigenvalue weighted by molar-refractivity contribution is 5.60. The third-order valence-corrected chi connectivity index (χ3v) is 3.92. The van der Waals surface area contributed by atoms with Crippen molar-refractivity contribution in [2.75, 3.05) is 26.0 Å². The summed E-state index contributed by atoms with van der Waals surface area (Å²) in [5, 5.41) is 12.7. The van der Waals surface area contributed by atoms with Crippen LogP contribution in [0, 0.1) is 11.3 Å². The molecule has 102 valence electrons. The summed E-state index contributed by atoms with van der Waals surface area (Å²) < 4.78 is 5.22. The van der Waals surface area contributed by atoms with Crippen molar-refractivity contribution in [3.8, 4) is 11.8 Å². The molecule has 4 heteroatoms. The SMILES string of the molecule is COc1ccc(C#N)c(NC2CCN(C)C(C)C2)c1. The summed E-state index contributed by atoms with van der Waals surface area (Å²) in [5.74, 6) is 0.780. The topological polar surface area (TPSA) is 48.3 Å². The Bertz CT molecular complexity index is 481. The van der Waals surface area contributed by atoms with Crippen LogP contribution >= 0.6 is 0 Å². The highest BCUT2D eigenvalue weighted by Crippen LogP contribution is 2.25. The average molecular weight is 259 g/mol. The first-order valence-corrected chi connectivity index (χ1v) is 6.69. The third-order valence-electron chi connectivity index (χ3n) is 3.92. The number of nitriles is 1. The van der Waals surface area contributed by atoms with Crippen LogP contribution < -0.4 is 10.1 Å². The molecule has 0 spiro atoms. The Balaban J connectivity index is 2.12. The van der Waals surface area contributed by atoms with Crippen molar-refractivity contribution in [3.05, 3.63) is 23.8 Å². The lowest BCUT2D eigenvalue weighted by Gasteiger charge is -2.36. The van der Waals surface area contributed by atoms with Gasteiger partial charge >= 0.3 is 0 Å². The molecule has 1 saturated heterocycles. The lowest BCUT2D eigenvalue weighted by atomic mass is 9.98. The molecule has 0 aromatic heterocycles.